The highest BCUT2D eigenvalue weighted by Crippen LogP contribution is 2.38. The molecule has 0 radical (unpaired) electrons. The summed E-state index contributed by atoms with van der Waals surface area (Å²) in [5.41, 5.74) is 4.04. The van der Waals surface area contributed by atoms with Gasteiger partial charge in [0.2, 0.25) is 0 Å². The summed E-state index contributed by atoms with van der Waals surface area (Å²) in [4.78, 5) is 0. The molecule has 1 aliphatic rings. The molecule has 96 valence electrons. The van der Waals surface area contributed by atoms with Crippen LogP contribution in [0.3, 0.4) is 0 Å². The van der Waals surface area contributed by atoms with E-state index in [1.807, 2.05) is 17.9 Å². The van der Waals surface area contributed by atoms with Gasteiger partial charge in [-0.1, -0.05) is 13.8 Å². The molecule has 0 aliphatic heterocycles. The van der Waals surface area contributed by atoms with Gasteiger partial charge in [0.1, 0.15) is 0 Å². The van der Waals surface area contributed by atoms with E-state index in [1.165, 1.54) is 19.3 Å². The van der Waals surface area contributed by atoms with Crippen LogP contribution >= 0.6 is 0 Å². The van der Waals surface area contributed by atoms with Gasteiger partial charge in [-0.15, -0.1) is 0 Å². The number of hydrazine groups is 1. The van der Waals surface area contributed by atoms with Crippen molar-refractivity contribution in [2.45, 2.75) is 39.2 Å². The van der Waals surface area contributed by atoms with E-state index in [-0.39, 0.29) is 6.04 Å². The third kappa shape index (κ3) is 2.87. The molecule has 4 nitrogen and oxygen atoms in total. The fourth-order valence-electron chi connectivity index (χ4n) is 3.34. The summed E-state index contributed by atoms with van der Waals surface area (Å²) in [7, 11) is 1.95. The fourth-order valence-corrected chi connectivity index (χ4v) is 3.34. The third-order valence-corrected chi connectivity index (χ3v) is 3.92. The number of nitrogens with one attached hydrogen (secondary N) is 1. The molecular formula is C13H24N4. The van der Waals surface area contributed by atoms with E-state index < -0.39 is 0 Å². The molecule has 1 aromatic rings. The van der Waals surface area contributed by atoms with E-state index in [9.17, 15) is 0 Å². The van der Waals surface area contributed by atoms with E-state index in [1.54, 1.807) is 0 Å². The van der Waals surface area contributed by atoms with Crippen molar-refractivity contribution in [1.29, 1.82) is 0 Å². The third-order valence-electron chi connectivity index (χ3n) is 3.92. The van der Waals surface area contributed by atoms with Gasteiger partial charge in [0.15, 0.2) is 0 Å². The SMILES string of the molecule is CC1CC(C)CC(C(NN)c2ccn(C)n2)C1. The number of aromatic nitrogens is 2. The van der Waals surface area contributed by atoms with E-state index >= 15 is 0 Å². The highest BCUT2D eigenvalue weighted by atomic mass is 15.3. The van der Waals surface area contributed by atoms with E-state index in [4.69, 9.17) is 5.84 Å². The van der Waals surface area contributed by atoms with Gasteiger partial charge >= 0.3 is 0 Å². The van der Waals surface area contributed by atoms with Crippen molar-refractivity contribution in [3.8, 4) is 0 Å². The number of rotatable bonds is 3. The Bertz CT molecular complexity index is 350. The average Bonchev–Trinajstić information content (AvgIpc) is 2.64. The van der Waals surface area contributed by atoms with Crippen molar-refractivity contribution in [3.05, 3.63) is 18.0 Å². The van der Waals surface area contributed by atoms with Crippen LogP contribution in [-0.4, -0.2) is 9.78 Å². The Hall–Kier alpha value is -0.870. The maximum atomic E-state index is 5.74. The van der Waals surface area contributed by atoms with Crippen molar-refractivity contribution in [1.82, 2.24) is 15.2 Å². The first-order valence-electron chi connectivity index (χ1n) is 6.55. The van der Waals surface area contributed by atoms with Gasteiger partial charge in [0.25, 0.3) is 0 Å². The molecule has 1 aromatic heterocycles. The molecule has 0 spiro atoms. The van der Waals surface area contributed by atoms with Crippen molar-refractivity contribution < 1.29 is 0 Å². The van der Waals surface area contributed by atoms with E-state index in [0.717, 1.165) is 17.5 Å². The standard InChI is InChI=1S/C13H24N4/c1-9-6-10(2)8-11(7-9)13(15-14)12-4-5-17(3)16-12/h4-5,9-11,13,15H,6-8,14H2,1-3H3. The minimum atomic E-state index is 0.196. The van der Waals surface area contributed by atoms with Crippen LogP contribution in [0.15, 0.2) is 12.3 Å². The van der Waals surface area contributed by atoms with Gasteiger partial charge in [0.05, 0.1) is 11.7 Å². The molecular weight excluding hydrogens is 212 g/mol. The molecule has 3 unspecified atom stereocenters. The lowest BCUT2D eigenvalue weighted by Crippen LogP contribution is -2.37. The van der Waals surface area contributed by atoms with Crippen LogP contribution in [0.25, 0.3) is 0 Å². The Morgan fingerprint density at radius 1 is 1.35 bits per heavy atom. The van der Waals surface area contributed by atoms with Gasteiger partial charge in [-0.3, -0.25) is 16.0 Å². The van der Waals surface area contributed by atoms with Crippen molar-refractivity contribution in [3.63, 3.8) is 0 Å². The summed E-state index contributed by atoms with van der Waals surface area (Å²) in [5, 5.41) is 4.48. The van der Waals surface area contributed by atoms with Gasteiger partial charge < -0.3 is 0 Å². The lowest BCUT2D eigenvalue weighted by molar-refractivity contribution is 0.174. The monoisotopic (exact) mass is 236 g/mol. The molecule has 1 fully saturated rings. The zero-order valence-electron chi connectivity index (χ0n) is 11.1. The largest absolute Gasteiger partial charge is 0.275 e. The van der Waals surface area contributed by atoms with Crippen LogP contribution in [0.1, 0.15) is 44.8 Å². The normalized spacial score (nSPS) is 31.4. The van der Waals surface area contributed by atoms with Crippen LogP contribution < -0.4 is 11.3 Å². The highest BCUT2D eigenvalue weighted by molar-refractivity contribution is 5.07. The van der Waals surface area contributed by atoms with Crippen LogP contribution in [0.2, 0.25) is 0 Å². The minimum absolute atomic E-state index is 0.196. The molecule has 2 rings (SSSR count). The van der Waals surface area contributed by atoms with Gasteiger partial charge in [-0.25, -0.2) is 0 Å². The predicted molar refractivity (Wildman–Crippen MR) is 68.9 cm³/mol. The molecule has 1 aliphatic carbocycles. The zero-order chi connectivity index (χ0) is 12.4. The van der Waals surface area contributed by atoms with Crippen molar-refractivity contribution in [2.24, 2.45) is 30.6 Å². The predicted octanol–water partition coefficient (Wildman–Crippen LogP) is 2.00. The molecule has 1 heterocycles. The molecule has 1 saturated carbocycles. The Kier molecular flexibility index (Phi) is 3.84. The molecule has 17 heavy (non-hydrogen) atoms. The lowest BCUT2D eigenvalue weighted by atomic mass is 9.73. The topological polar surface area (TPSA) is 55.9 Å². The van der Waals surface area contributed by atoms with Crippen LogP contribution in [0, 0.1) is 17.8 Å². The molecule has 3 atom stereocenters. The Labute approximate surface area is 104 Å². The molecule has 4 heteroatoms. The second-order valence-corrected chi connectivity index (χ2v) is 5.74. The lowest BCUT2D eigenvalue weighted by Gasteiger charge is -2.35. The second kappa shape index (κ2) is 5.19. The van der Waals surface area contributed by atoms with Gasteiger partial charge in [0, 0.05) is 13.2 Å². The van der Waals surface area contributed by atoms with Crippen molar-refractivity contribution >= 4 is 0 Å². The maximum absolute atomic E-state index is 5.74. The summed E-state index contributed by atoms with van der Waals surface area (Å²) >= 11 is 0. The Morgan fingerprint density at radius 2 is 2.00 bits per heavy atom. The van der Waals surface area contributed by atoms with Crippen LogP contribution in [0.5, 0.6) is 0 Å². The second-order valence-electron chi connectivity index (χ2n) is 5.74. The number of aryl methyl sites for hydroxylation is 1. The molecule has 0 amide bonds. The Balaban J connectivity index is 2.12. The molecule has 0 saturated heterocycles. The molecule has 0 aromatic carbocycles. The van der Waals surface area contributed by atoms with Crippen LogP contribution in [0.4, 0.5) is 0 Å². The summed E-state index contributed by atoms with van der Waals surface area (Å²) in [6, 6.07) is 2.26. The van der Waals surface area contributed by atoms with Crippen molar-refractivity contribution in [2.75, 3.05) is 0 Å². The first kappa shape index (κ1) is 12.6. The highest BCUT2D eigenvalue weighted by Gasteiger charge is 2.31. The van der Waals surface area contributed by atoms with E-state index in [0.29, 0.717) is 5.92 Å². The van der Waals surface area contributed by atoms with Gasteiger partial charge in [-0.2, -0.15) is 5.10 Å². The summed E-state index contributed by atoms with van der Waals surface area (Å²) in [5.74, 6) is 7.93. The average molecular weight is 236 g/mol. The number of nitrogens with two attached hydrogens (primary N) is 1. The number of nitrogens with zero attached hydrogens (tertiary/aromatic N) is 2. The Morgan fingerprint density at radius 3 is 2.47 bits per heavy atom. The van der Waals surface area contributed by atoms with Crippen LogP contribution in [-0.2, 0) is 7.05 Å². The molecule has 3 N–H and O–H groups in total. The minimum Gasteiger partial charge on any atom is -0.275 e. The number of hydrogen-bond acceptors (Lipinski definition) is 3. The maximum Gasteiger partial charge on any atom is 0.0810 e. The smallest absolute Gasteiger partial charge is 0.0810 e. The summed E-state index contributed by atoms with van der Waals surface area (Å²) < 4.78 is 1.84. The fraction of sp³-hybridized carbons (Fsp3) is 0.769. The zero-order valence-corrected chi connectivity index (χ0v) is 11.1. The van der Waals surface area contributed by atoms with E-state index in [2.05, 4.69) is 30.4 Å². The summed E-state index contributed by atoms with van der Waals surface area (Å²) in [6.07, 6.45) is 5.82. The number of hydrogen-bond donors (Lipinski definition) is 2. The first-order valence-corrected chi connectivity index (χ1v) is 6.55. The quantitative estimate of drug-likeness (QED) is 0.623. The molecule has 0 bridgehead atoms. The van der Waals surface area contributed by atoms with Gasteiger partial charge in [-0.05, 0) is 43.1 Å². The first-order chi connectivity index (χ1) is 8.10. The summed E-state index contributed by atoms with van der Waals surface area (Å²) in [6.45, 7) is 4.68.